The number of piperazine rings is 1. The van der Waals surface area contributed by atoms with Crippen LogP contribution in [-0.4, -0.2) is 82.0 Å². The second-order valence-corrected chi connectivity index (χ2v) is 8.98. The molecule has 0 bridgehead atoms. The van der Waals surface area contributed by atoms with Gasteiger partial charge in [0, 0.05) is 63.6 Å². The molecule has 6 heteroatoms. The summed E-state index contributed by atoms with van der Waals surface area (Å²) in [6.07, 6.45) is 10.6. The quantitative estimate of drug-likeness (QED) is 0.765. The number of imidazole rings is 1. The first kappa shape index (κ1) is 18.9. The Hall–Kier alpha value is -1.40. The van der Waals surface area contributed by atoms with Gasteiger partial charge in [-0.05, 0) is 58.5 Å². The van der Waals surface area contributed by atoms with Gasteiger partial charge < -0.3 is 14.4 Å². The van der Waals surface area contributed by atoms with Gasteiger partial charge in [-0.3, -0.25) is 9.69 Å². The molecule has 1 atom stereocenters. The second kappa shape index (κ2) is 7.92. The van der Waals surface area contributed by atoms with E-state index in [1.165, 1.54) is 12.8 Å². The molecule has 150 valence electrons. The molecule has 1 unspecified atom stereocenters. The summed E-state index contributed by atoms with van der Waals surface area (Å²) in [5.74, 6) is 2.28. The van der Waals surface area contributed by atoms with Crippen LogP contribution in [-0.2, 0) is 11.3 Å². The van der Waals surface area contributed by atoms with Crippen molar-refractivity contribution in [2.24, 2.45) is 5.92 Å². The SMILES string of the molecule is Cc1nccn1CCCN1CCN(C)C2(CCC(=O)N(CC3CC3)CC2)C1. The zero-order valence-electron chi connectivity index (χ0n) is 17.1. The van der Waals surface area contributed by atoms with Crippen molar-refractivity contribution in [1.29, 1.82) is 0 Å². The van der Waals surface area contributed by atoms with E-state index in [2.05, 4.69) is 44.4 Å². The van der Waals surface area contributed by atoms with Gasteiger partial charge in [0.05, 0.1) is 0 Å². The number of likely N-dealkylation sites (tertiary alicyclic amines) is 1. The van der Waals surface area contributed by atoms with E-state index < -0.39 is 0 Å². The number of carbonyl (C=O) groups is 1. The van der Waals surface area contributed by atoms with Crippen molar-refractivity contribution in [3.63, 3.8) is 0 Å². The molecule has 2 aliphatic heterocycles. The van der Waals surface area contributed by atoms with Crippen molar-refractivity contribution >= 4 is 5.91 Å². The molecule has 1 aromatic heterocycles. The van der Waals surface area contributed by atoms with E-state index in [0.717, 1.165) is 83.2 Å². The number of amides is 1. The highest BCUT2D eigenvalue weighted by Crippen LogP contribution is 2.35. The Labute approximate surface area is 163 Å². The summed E-state index contributed by atoms with van der Waals surface area (Å²) in [5, 5.41) is 0. The van der Waals surface area contributed by atoms with Gasteiger partial charge in [-0.25, -0.2) is 4.98 Å². The number of hydrogen-bond donors (Lipinski definition) is 0. The minimum absolute atomic E-state index is 0.178. The van der Waals surface area contributed by atoms with Gasteiger partial charge in [-0.15, -0.1) is 0 Å². The van der Waals surface area contributed by atoms with Crippen molar-refractivity contribution in [1.82, 2.24) is 24.3 Å². The van der Waals surface area contributed by atoms with E-state index >= 15 is 0 Å². The van der Waals surface area contributed by atoms with Gasteiger partial charge in [-0.1, -0.05) is 0 Å². The van der Waals surface area contributed by atoms with Crippen LogP contribution in [0.25, 0.3) is 0 Å². The molecule has 4 rings (SSSR count). The molecule has 1 aromatic rings. The van der Waals surface area contributed by atoms with Crippen LogP contribution in [0.3, 0.4) is 0 Å². The van der Waals surface area contributed by atoms with E-state index in [1.54, 1.807) is 0 Å². The smallest absolute Gasteiger partial charge is 0.222 e. The molecule has 2 saturated heterocycles. The van der Waals surface area contributed by atoms with Crippen LogP contribution in [0.4, 0.5) is 0 Å². The maximum atomic E-state index is 12.6. The van der Waals surface area contributed by atoms with E-state index in [4.69, 9.17) is 0 Å². The minimum Gasteiger partial charge on any atom is -0.342 e. The number of nitrogens with zero attached hydrogens (tertiary/aromatic N) is 5. The average molecular weight is 374 g/mol. The summed E-state index contributed by atoms with van der Waals surface area (Å²) >= 11 is 0. The predicted molar refractivity (Wildman–Crippen MR) is 107 cm³/mol. The maximum absolute atomic E-state index is 12.6. The van der Waals surface area contributed by atoms with E-state index in [9.17, 15) is 4.79 Å². The fourth-order valence-electron chi connectivity index (χ4n) is 4.88. The van der Waals surface area contributed by atoms with Crippen LogP contribution in [0.2, 0.25) is 0 Å². The molecular weight excluding hydrogens is 338 g/mol. The average Bonchev–Trinajstić information content (AvgIpc) is 3.41. The van der Waals surface area contributed by atoms with E-state index in [-0.39, 0.29) is 5.54 Å². The minimum atomic E-state index is 0.178. The summed E-state index contributed by atoms with van der Waals surface area (Å²) < 4.78 is 2.24. The lowest BCUT2D eigenvalue weighted by atomic mass is 9.86. The Kier molecular flexibility index (Phi) is 5.55. The molecule has 1 spiro atoms. The molecule has 0 N–H and O–H groups in total. The number of likely N-dealkylation sites (N-methyl/N-ethyl adjacent to an activating group) is 1. The third kappa shape index (κ3) is 4.37. The molecule has 1 aliphatic carbocycles. The number of carbonyl (C=O) groups excluding carboxylic acids is 1. The third-order valence-corrected chi connectivity index (χ3v) is 7.06. The van der Waals surface area contributed by atoms with Gasteiger partial charge in [0.1, 0.15) is 5.82 Å². The fraction of sp³-hybridized carbons (Fsp3) is 0.810. The van der Waals surface area contributed by atoms with Gasteiger partial charge in [0.2, 0.25) is 5.91 Å². The molecular formula is C21H35N5O. The Morgan fingerprint density at radius 2 is 2.04 bits per heavy atom. The zero-order chi connectivity index (χ0) is 18.9. The first-order valence-corrected chi connectivity index (χ1v) is 10.7. The van der Waals surface area contributed by atoms with E-state index in [1.807, 2.05) is 6.20 Å². The summed E-state index contributed by atoms with van der Waals surface area (Å²) in [6.45, 7) is 9.56. The van der Waals surface area contributed by atoms with Crippen molar-refractivity contribution in [3.05, 3.63) is 18.2 Å². The first-order chi connectivity index (χ1) is 13.1. The molecule has 1 saturated carbocycles. The number of rotatable bonds is 6. The van der Waals surface area contributed by atoms with Crippen LogP contribution < -0.4 is 0 Å². The largest absolute Gasteiger partial charge is 0.342 e. The predicted octanol–water partition coefficient (Wildman–Crippen LogP) is 1.99. The van der Waals surface area contributed by atoms with Crippen LogP contribution in [0.1, 0.15) is 44.3 Å². The normalized spacial score (nSPS) is 28.1. The highest BCUT2D eigenvalue weighted by atomic mass is 16.2. The van der Waals surface area contributed by atoms with Crippen LogP contribution in [0, 0.1) is 12.8 Å². The molecule has 3 aliphatic rings. The fourth-order valence-corrected chi connectivity index (χ4v) is 4.88. The molecule has 27 heavy (non-hydrogen) atoms. The molecule has 3 heterocycles. The van der Waals surface area contributed by atoms with Gasteiger partial charge in [0.15, 0.2) is 0 Å². The lowest BCUT2D eigenvalue weighted by molar-refractivity contribution is -0.131. The van der Waals surface area contributed by atoms with Gasteiger partial charge in [-0.2, -0.15) is 0 Å². The third-order valence-electron chi connectivity index (χ3n) is 7.06. The van der Waals surface area contributed by atoms with Crippen molar-refractivity contribution in [2.45, 2.75) is 57.5 Å². The Bertz CT molecular complexity index is 655. The molecule has 0 radical (unpaired) electrons. The standard InChI is InChI=1S/C21H35N5O/c1-18-22-9-13-25(18)11-3-10-24-15-14-23(2)21(17-24)7-6-20(27)26(12-8-21)16-19-4-5-19/h9,13,19H,3-8,10-12,14-17H2,1-2H3. The number of aryl methyl sites for hydroxylation is 2. The zero-order valence-corrected chi connectivity index (χ0v) is 17.1. The lowest BCUT2D eigenvalue weighted by Gasteiger charge is -2.49. The van der Waals surface area contributed by atoms with Gasteiger partial charge in [0.25, 0.3) is 0 Å². The number of hydrogen-bond acceptors (Lipinski definition) is 4. The number of aromatic nitrogens is 2. The highest BCUT2D eigenvalue weighted by Gasteiger charge is 2.42. The maximum Gasteiger partial charge on any atom is 0.222 e. The Morgan fingerprint density at radius 1 is 1.19 bits per heavy atom. The summed E-state index contributed by atoms with van der Waals surface area (Å²) in [6, 6.07) is 0. The lowest BCUT2D eigenvalue weighted by Crippen LogP contribution is -2.61. The van der Waals surface area contributed by atoms with Crippen LogP contribution in [0.5, 0.6) is 0 Å². The first-order valence-electron chi connectivity index (χ1n) is 10.7. The molecule has 3 fully saturated rings. The van der Waals surface area contributed by atoms with Crippen LogP contribution in [0.15, 0.2) is 12.4 Å². The van der Waals surface area contributed by atoms with Crippen LogP contribution >= 0.6 is 0 Å². The Morgan fingerprint density at radius 3 is 2.78 bits per heavy atom. The summed E-state index contributed by atoms with van der Waals surface area (Å²) in [7, 11) is 2.27. The highest BCUT2D eigenvalue weighted by molar-refractivity contribution is 5.76. The summed E-state index contributed by atoms with van der Waals surface area (Å²) in [5.41, 5.74) is 0.178. The topological polar surface area (TPSA) is 44.6 Å². The van der Waals surface area contributed by atoms with Crippen molar-refractivity contribution < 1.29 is 4.79 Å². The summed E-state index contributed by atoms with van der Waals surface area (Å²) in [4.78, 5) is 24.3. The van der Waals surface area contributed by atoms with Crippen molar-refractivity contribution in [2.75, 3.05) is 46.3 Å². The molecule has 0 aromatic carbocycles. The molecule has 1 amide bonds. The molecule has 6 nitrogen and oxygen atoms in total. The van der Waals surface area contributed by atoms with Crippen molar-refractivity contribution in [3.8, 4) is 0 Å². The van der Waals surface area contributed by atoms with Gasteiger partial charge >= 0.3 is 0 Å². The monoisotopic (exact) mass is 373 g/mol. The second-order valence-electron chi connectivity index (χ2n) is 8.98. The Balaban J connectivity index is 1.33. The van der Waals surface area contributed by atoms with E-state index in [0.29, 0.717) is 5.91 Å².